The van der Waals surface area contributed by atoms with Crippen LogP contribution < -0.4 is 11.1 Å². The largest absolute Gasteiger partial charge is 0.399 e. The molecule has 7 nitrogen and oxygen atoms in total. The first-order valence-electron chi connectivity index (χ1n) is 8.66. The zero-order valence-electron chi connectivity index (χ0n) is 14.2. The highest BCUT2D eigenvalue weighted by molar-refractivity contribution is 6.08. The average Bonchev–Trinajstić information content (AvgIpc) is 3.27. The normalized spacial score (nSPS) is 28.8. The molecule has 0 spiro atoms. The van der Waals surface area contributed by atoms with Gasteiger partial charge in [-0.25, -0.2) is 0 Å². The maximum absolute atomic E-state index is 12.5. The van der Waals surface area contributed by atoms with Crippen molar-refractivity contribution < 1.29 is 19.1 Å². The Bertz CT molecular complexity index is 696. The summed E-state index contributed by atoms with van der Waals surface area (Å²) in [4.78, 5) is 38.2. The van der Waals surface area contributed by atoms with Crippen LogP contribution in [0.3, 0.4) is 0 Å². The fourth-order valence-electron chi connectivity index (χ4n) is 4.16. The fourth-order valence-corrected chi connectivity index (χ4v) is 4.16. The van der Waals surface area contributed by atoms with Crippen molar-refractivity contribution >= 4 is 35.8 Å². The molecule has 8 heteroatoms. The number of hydrogen-bond acceptors (Lipinski definition) is 5. The van der Waals surface area contributed by atoms with E-state index in [1.807, 2.05) is 24.3 Å². The van der Waals surface area contributed by atoms with Crippen molar-refractivity contribution in [1.82, 2.24) is 10.2 Å². The van der Waals surface area contributed by atoms with Crippen molar-refractivity contribution in [2.24, 2.45) is 11.8 Å². The van der Waals surface area contributed by atoms with Crippen molar-refractivity contribution in [3.8, 4) is 0 Å². The minimum Gasteiger partial charge on any atom is -0.399 e. The predicted molar refractivity (Wildman–Crippen MR) is 96.4 cm³/mol. The number of carbonyl (C=O) groups is 3. The Morgan fingerprint density at radius 2 is 1.69 bits per heavy atom. The molecule has 0 aromatic heterocycles. The highest BCUT2D eigenvalue weighted by Crippen LogP contribution is 2.48. The van der Waals surface area contributed by atoms with Crippen LogP contribution in [0.5, 0.6) is 0 Å². The number of rotatable bonds is 5. The van der Waals surface area contributed by atoms with Crippen molar-refractivity contribution in [2.45, 2.75) is 31.5 Å². The van der Waals surface area contributed by atoms with E-state index in [4.69, 9.17) is 10.5 Å². The molecule has 0 aliphatic carbocycles. The summed E-state index contributed by atoms with van der Waals surface area (Å²) in [6, 6.07) is 7.44. The van der Waals surface area contributed by atoms with Gasteiger partial charge in [0.25, 0.3) is 0 Å². The number of carbonyl (C=O) groups excluding carboxylic acids is 3. The van der Waals surface area contributed by atoms with Crippen LogP contribution in [0.15, 0.2) is 24.3 Å². The minimum absolute atomic E-state index is 0. The van der Waals surface area contributed by atoms with E-state index < -0.39 is 0 Å². The van der Waals surface area contributed by atoms with Crippen LogP contribution in [0.2, 0.25) is 0 Å². The van der Waals surface area contributed by atoms with Gasteiger partial charge in [0.2, 0.25) is 17.7 Å². The van der Waals surface area contributed by atoms with Gasteiger partial charge in [0.1, 0.15) is 6.54 Å². The van der Waals surface area contributed by atoms with Gasteiger partial charge >= 0.3 is 0 Å². The quantitative estimate of drug-likeness (QED) is 0.573. The van der Waals surface area contributed by atoms with Crippen LogP contribution in [0.4, 0.5) is 5.69 Å². The molecule has 2 bridgehead atoms. The molecule has 3 amide bonds. The number of nitrogens with one attached hydrogen (secondary N) is 1. The van der Waals surface area contributed by atoms with E-state index in [-0.39, 0.29) is 60.7 Å². The number of anilines is 1. The standard InChI is InChI=1S/C18H21N3O4.ClH/c19-11-3-1-10(2-4-11)7-8-20-14(22)9-21-17(23)15-12-5-6-13(25-12)16(15)18(21)24;/h1-4,12-13,15-16H,5-9,19H2,(H,20,22);1H. The minimum atomic E-state index is -0.381. The molecular formula is C18H22ClN3O4. The second kappa shape index (κ2) is 7.25. The van der Waals surface area contributed by atoms with Gasteiger partial charge in [-0.15, -0.1) is 12.4 Å². The molecule has 4 unspecified atom stereocenters. The van der Waals surface area contributed by atoms with Crippen molar-refractivity contribution in [3.05, 3.63) is 29.8 Å². The number of ether oxygens (including phenoxy) is 1. The Kier molecular flexibility index (Phi) is 5.20. The summed E-state index contributed by atoms with van der Waals surface area (Å²) in [7, 11) is 0. The number of amides is 3. The summed E-state index contributed by atoms with van der Waals surface area (Å²) in [6.45, 7) is 0.242. The van der Waals surface area contributed by atoms with E-state index in [1.165, 1.54) is 0 Å². The molecule has 4 rings (SSSR count). The highest BCUT2D eigenvalue weighted by Gasteiger charge is 2.62. The molecule has 3 fully saturated rings. The maximum Gasteiger partial charge on any atom is 0.240 e. The van der Waals surface area contributed by atoms with Crippen molar-refractivity contribution in [1.29, 1.82) is 0 Å². The lowest BCUT2D eigenvalue weighted by atomic mass is 9.81. The van der Waals surface area contributed by atoms with Gasteiger partial charge in [-0.1, -0.05) is 12.1 Å². The smallest absolute Gasteiger partial charge is 0.240 e. The van der Waals surface area contributed by atoms with Crippen LogP contribution in [0.1, 0.15) is 18.4 Å². The molecule has 1 aromatic rings. The van der Waals surface area contributed by atoms with Gasteiger partial charge in [0.15, 0.2) is 0 Å². The Hall–Kier alpha value is -2.12. The fraction of sp³-hybridized carbons (Fsp3) is 0.500. The molecule has 140 valence electrons. The predicted octanol–water partition coefficient (Wildman–Crippen LogP) is 0.512. The number of fused-ring (bicyclic) bond motifs is 5. The number of likely N-dealkylation sites (tertiary alicyclic amines) is 1. The zero-order valence-corrected chi connectivity index (χ0v) is 15.0. The summed E-state index contributed by atoms with van der Waals surface area (Å²) in [5.41, 5.74) is 7.39. The topological polar surface area (TPSA) is 102 Å². The van der Waals surface area contributed by atoms with E-state index in [1.54, 1.807) is 0 Å². The SMILES string of the molecule is Cl.Nc1ccc(CCNC(=O)CN2C(=O)C3C4CCC(O4)C3C2=O)cc1. The van der Waals surface area contributed by atoms with Gasteiger partial charge in [0.05, 0.1) is 24.0 Å². The van der Waals surface area contributed by atoms with E-state index in [0.717, 1.165) is 23.3 Å². The second-order valence-corrected chi connectivity index (χ2v) is 6.95. The van der Waals surface area contributed by atoms with Crippen molar-refractivity contribution in [3.63, 3.8) is 0 Å². The molecule has 26 heavy (non-hydrogen) atoms. The third kappa shape index (κ3) is 3.17. The van der Waals surface area contributed by atoms with E-state index in [2.05, 4.69) is 5.32 Å². The lowest BCUT2D eigenvalue weighted by Gasteiger charge is -2.17. The number of nitrogens with two attached hydrogens (primary N) is 1. The van der Waals surface area contributed by atoms with Crippen molar-refractivity contribution in [2.75, 3.05) is 18.8 Å². The Balaban J connectivity index is 0.00000196. The molecule has 4 atom stereocenters. The number of hydrogen-bond donors (Lipinski definition) is 2. The monoisotopic (exact) mass is 379 g/mol. The molecule has 0 saturated carbocycles. The number of benzene rings is 1. The van der Waals surface area contributed by atoms with Gasteiger partial charge in [0, 0.05) is 12.2 Å². The van der Waals surface area contributed by atoms with E-state index in [9.17, 15) is 14.4 Å². The second-order valence-electron chi connectivity index (χ2n) is 6.95. The van der Waals surface area contributed by atoms with Crippen LogP contribution >= 0.6 is 12.4 Å². The van der Waals surface area contributed by atoms with Crippen LogP contribution in [0, 0.1) is 11.8 Å². The van der Waals surface area contributed by atoms with Crippen LogP contribution in [-0.2, 0) is 25.5 Å². The molecule has 3 aliphatic rings. The molecule has 3 heterocycles. The third-order valence-corrected chi connectivity index (χ3v) is 5.39. The third-order valence-electron chi connectivity index (χ3n) is 5.39. The first-order valence-corrected chi connectivity index (χ1v) is 8.66. The van der Waals surface area contributed by atoms with Crippen LogP contribution in [0.25, 0.3) is 0 Å². The van der Waals surface area contributed by atoms with Gasteiger partial charge in [-0.3, -0.25) is 19.3 Å². The zero-order chi connectivity index (χ0) is 17.6. The summed E-state index contributed by atoms with van der Waals surface area (Å²) in [5, 5.41) is 2.77. The maximum atomic E-state index is 12.5. The summed E-state index contributed by atoms with van der Waals surface area (Å²) >= 11 is 0. The number of nitrogen functional groups attached to an aromatic ring is 1. The van der Waals surface area contributed by atoms with Gasteiger partial charge in [-0.2, -0.15) is 0 Å². The number of imide groups is 1. The summed E-state index contributed by atoms with van der Waals surface area (Å²) in [6.07, 6.45) is 2.02. The average molecular weight is 380 g/mol. The Labute approximate surface area is 157 Å². The summed E-state index contributed by atoms with van der Waals surface area (Å²) < 4.78 is 5.68. The first-order chi connectivity index (χ1) is 12.0. The van der Waals surface area contributed by atoms with E-state index >= 15 is 0 Å². The van der Waals surface area contributed by atoms with Gasteiger partial charge in [-0.05, 0) is 37.0 Å². The van der Waals surface area contributed by atoms with E-state index in [0.29, 0.717) is 18.7 Å². The summed E-state index contributed by atoms with van der Waals surface area (Å²) in [5.74, 6) is -1.58. The number of halogens is 1. The van der Waals surface area contributed by atoms with Crippen LogP contribution in [-0.4, -0.2) is 47.9 Å². The number of nitrogens with zero attached hydrogens (tertiary/aromatic N) is 1. The Morgan fingerprint density at radius 1 is 1.12 bits per heavy atom. The van der Waals surface area contributed by atoms with Gasteiger partial charge < -0.3 is 15.8 Å². The molecule has 3 N–H and O–H groups in total. The lowest BCUT2D eigenvalue weighted by Crippen LogP contribution is -2.42. The Morgan fingerprint density at radius 3 is 2.27 bits per heavy atom. The molecule has 1 aromatic carbocycles. The lowest BCUT2D eigenvalue weighted by molar-refractivity contribution is -0.145. The molecule has 0 radical (unpaired) electrons. The molecule has 3 saturated heterocycles. The highest BCUT2D eigenvalue weighted by atomic mass is 35.5. The molecule has 3 aliphatic heterocycles. The molecular weight excluding hydrogens is 358 g/mol. The first kappa shape index (κ1) is 18.7.